The van der Waals surface area contributed by atoms with Crippen LogP contribution in [0.15, 0.2) is 58.7 Å². The Morgan fingerprint density at radius 2 is 1.94 bits per heavy atom. The van der Waals surface area contributed by atoms with Crippen LogP contribution in [0.1, 0.15) is 31.0 Å². The van der Waals surface area contributed by atoms with Crippen LogP contribution in [0.5, 0.6) is 5.75 Å². The van der Waals surface area contributed by atoms with E-state index < -0.39 is 0 Å². The molecular formula is C25H26N4O3S2. The highest BCUT2D eigenvalue weighted by molar-refractivity contribution is 7.23. The fourth-order valence-electron chi connectivity index (χ4n) is 3.32. The Kier molecular flexibility index (Phi) is 7.54. The van der Waals surface area contributed by atoms with Gasteiger partial charge in [0.25, 0.3) is 11.5 Å². The normalized spacial score (nSPS) is 11.1. The Labute approximate surface area is 206 Å². The van der Waals surface area contributed by atoms with Gasteiger partial charge in [0.2, 0.25) is 0 Å². The van der Waals surface area contributed by atoms with Crippen LogP contribution in [0.4, 0.5) is 0 Å². The summed E-state index contributed by atoms with van der Waals surface area (Å²) in [6, 6.07) is 15.0. The lowest BCUT2D eigenvalue weighted by atomic mass is 10.0. The summed E-state index contributed by atoms with van der Waals surface area (Å²) in [5.41, 5.74) is 2.56. The molecule has 3 aromatic heterocycles. The summed E-state index contributed by atoms with van der Waals surface area (Å²) in [6.45, 7) is 6.63. The van der Waals surface area contributed by atoms with Crippen molar-refractivity contribution in [2.24, 2.45) is 0 Å². The van der Waals surface area contributed by atoms with Gasteiger partial charge in [0.1, 0.15) is 16.5 Å². The first-order valence-corrected chi connectivity index (χ1v) is 12.7. The van der Waals surface area contributed by atoms with Crippen LogP contribution in [0, 0.1) is 6.92 Å². The van der Waals surface area contributed by atoms with E-state index in [1.807, 2.05) is 48.7 Å². The summed E-state index contributed by atoms with van der Waals surface area (Å²) in [5.74, 6) is 0.832. The molecule has 0 bridgehead atoms. The van der Waals surface area contributed by atoms with Gasteiger partial charge in [-0.05, 0) is 48.1 Å². The van der Waals surface area contributed by atoms with Crippen molar-refractivity contribution in [1.82, 2.24) is 20.1 Å². The summed E-state index contributed by atoms with van der Waals surface area (Å²) in [6.07, 6.45) is 0. The molecule has 0 unspecified atom stereocenters. The number of aromatic nitrogens is 3. The second-order valence-electron chi connectivity index (χ2n) is 8.05. The van der Waals surface area contributed by atoms with Crippen LogP contribution in [0.25, 0.3) is 20.5 Å². The lowest BCUT2D eigenvalue weighted by molar-refractivity contribution is -0.123. The zero-order valence-electron chi connectivity index (χ0n) is 19.3. The monoisotopic (exact) mass is 494 g/mol. The van der Waals surface area contributed by atoms with Gasteiger partial charge in [-0.2, -0.15) is 5.10 Å². The molecule has 0 aliphatic carbocycles. The van der Waals surface area contributed by atoms with Gasteiger partial charge >= 0.3 is 0 Å². The van der Waals surface area contributed by atoms with E-state index in [1.54, 1.807) is 28.7 Å². The van der Waals surface area contributed by atoms with E-state index in [0.29, 0.717) is 17.4 Å². The van der Waals surface area contributed by atoms with E-state index in [1.165, 1.54) is 16.3 Å². The predicted octanol–water partition coefficient (Wildman–Crippen LogP) is 4.72. The number of nitrogens with one attached hydrogen (secondary N) is 1. The molecule has 4 aromatic rings. The van der Waals surface area contributed by atoms with Gasteiger partial charge in [-0.15, -0.1) is 22.7 Å². The molecule has 1 aromatic carbocycles. The molecule has 0 radical (unpaired) electrons. The number of rotatable bonds is 9. The van der Waals surface area contributed by atoms with Crippen LogP contribution >= 0.6 is 22.7 Å². The number of hydrogen-bond acceptors (Lipinski definition) is 7. The highest BCUT2D eigenvalue weighted by atomic mass is 32.1. The zero-order valence-corrected chi connectivity index (χ0v) is 20.9. The maximum Gasteiger partial charge on any atom is 0.266 e. The SMILES string of the molecule is Cc1nc(-c2cccs2)sc1-c1ccc(=O)n(CCNC(=O)COc2ccc(C(C)C)cc2)n1. The molecule has 0 saturated carbocycles. The van der Waals surface area contributed by atoms with Crippen LogP contribution in [0.2, 0.25) is 0 Å². The number of carbonyl (C=O) groups is 1. The third-order valence-corrected chi connectivity index (χ3v) is 7.41. The lowest BCUT2D eigenvalue weighted by Gasteiger charge is -2.10. The molecule has 9 heteroatoms. The van der Waals surface area contributed by atoms with E-state index in [0.717, 1.165) is 20.5 Å². The van der Waals surface area contributed by atoms with Crippen LogP contribution < -0.4 is 15.6 Å². The summed E-state index contributed by atoms with van der Waals surface area (Å²) in [5, 5.41) is 10.2. The number of hydrogen-bond donors (Lipinski definition) is 1. The van der Waals surface area contributed by atoms with Crippen molar-refractivity contribution in [2.75, 3.05) is 13.2 Å². The smallest absolute Gasteiger partial charge is 0.266 e. The second kappa shape index (κ2) is 10.8. The lowest BCUT2D eigenvalue weighted by Crippen LogP contribution is -2.34. The quantitative estimate of drug-likeness (QED) is 0.364. The largest absolute Gasteiger partial charge is 0.484 e. The van der Waals surface area contributed by atoms with Gasteiger partial charge in [0.15, 0.2) is 6.61 Å². The first-order chi connectivity index (χ1) is 16.4. The first kappa shape index (κ1) is 23.8. The summed E-state index contributed by atoms with van der Waals surface area (Å²) in [4.78, 5) is 31.1. The number of benzene rings is 1. The van der Waals surface area contributed by atoms with Crippen molar-refractivity contribution in [1.29, 1.82) is 0 Å². The number of aryl methyl sites for hydroxylation is 1. The second-order valence-corrected chi connectivity index (χ2v) is 10.00. The van der Waals surface area contributed by atoms with Crippen LogP contribution in [-0.4, -0.2) is 33.8 Å². The fourth-order valence-corrected chi connectivity index (χ4v) is 5.15. The van der Waals surface area contributed by atoms with Gasteiger partial charge in [-0.1, -0.05) is 32.0 Å². The maximum atomic E-state index is 12.3. The number of thiazole rings is 1. The molecule has 0 fully saturated rings. The van der Waals surface area contributed by atoms with Crippen molar-refractivity contribution >= 4 is 28.6 Å². The van der Waals surface area contributed by atoms with Crippen molar-refractivity contribution in [2.45, 2.75) is 33.2 Å². The Morgan fingerprint density at radius 1 is 1.15 bits per heavy atom. The highest BCUT2D eigenvalue weighted by Gasteiger charge is 2.14. The minimum absolute atomic E-state index is 0.0883. The molecule has 1 N–H and O–H groups in total. The standard InChI is InChI=1S/C25H26N4O3S2/c1-16(2)18-6-8-19(9-7-18)32-15-22(30)26-12-13-29-23(31)11-10-20(28-29)24-17(3)27-25(34-24)21-5-4-14-33-21/h4-11,14,16H,12-13,15H2,1-3H3,(H,26,30). The van der Waals surface area contributed by atoms with Crippen molar-refractivity contribution in [3.63, 3.8) is 0 Å². The van der Waals surface area contributed by atoms with Crippen LogP contribution in [-0.2, 0) is 11.3 Å². The number of amides is 1. The van der Waals surface area contributed by atoms with Gasteiger partial charge < -0.3 is 10.1 Å². The van der Waals surface area contributed by atoms with Crippen molar-refractivity contribution in [3.05, 3.63) is 75.5 Å². The van der Waals surface area contributed by atoms with Gasteiger partial charge in [-0.25, -0.2) is 9.67 Å². The Hall–Kier alpha value is -3.30. The number of thiophene rings is 1. The number of nitrogens with zero attached hydrogens (tertiary/aromatic N) is 3. The molecule has 176 valence electrons. The van der Waals surface area contributed by atoms with Gasteiger partial charge in [0, 0.05) is 12.6 Å². The average molecular weight is 495 g/mol. The minimum Gasteiger partial charge on any atom is -0.484 e. The molecule has 3 heterocycles. The average Bonchev–Trinajstić information content (AvgIpc) is 3.49. The van der Waals surface area contributed by atoms with Gasteiger partial charge in [-0.3, -0.25) is 9.59 Å². The highest BCUT2D eigenvalue weighted by Crippen LogP contribution is 2.35. The van der Waals surface area contributed by atoms with E-state index in [2.05, 4.69) is 29.2 Å². The predicted molar refractivity (Wildman–Crippen MR) is 137 cm³/mol. The molecule has 7 nitrogen and oxygen atoms in total. The number of carbonyl (C=O) groups excluding carboxylic acids is 1. The number of ether oxygens (including phenoxy) is 1. The molecule has 0 aliphatic rings. The van der Waals surface area contributed by atoms with E-state index >= 15 is 0 Å². The van der Waals surface area contributed by atoms with Crippen molar-refractivity contribution < 1.29 is 9.53 Å². The zero-order chi connectivity index (χ0) is 24.1. The molecule has 4 rings (SSSR count). The first-order valence-electron chi connectivity index (χ1n) is 11.0. The van der Waals surface area contributed by atoms with Gasteiger partial charge in [0.05, 0.1) is 22.0 Å². The third kappa shape index (κ3) is 5.78. The Bertz CT molecular complexity index is 1310. The topological polar surface area (TPSA) is 86.1 Å². The molecule has 0 spiro atoms. The summed E-state index contributed by atoms with van der Waals surface area (Å²) >= 11 is 3.19. The van der Waals surface area contributed by atoms with Crippen LogP contribution in [0.3, 0.4) is 0 Å². The van der Waals surface area contributed by atoms with E-state index in [9.17, 15) is 9.59 Å². The molecule has 0 aliphatic heterocycles. The summed E-state index contributed by atoms with van der Waals surface area (Å²) in [7, 11) is 0. The molecule has 0 saturated heterocycles. The van der Waals surface area contributed by atoms with E-state index in [4.69, 9.17) is 4.74 Å². The minimum atomic E-state index is -0.254. The third-order valence-electron chi connectivity index (χ3n) is 5.19. The van der Waals surface area contributed by atoms with E-state index in [-0.39, 0.29) is 31.2 Å². The molecule has 1 amide bonds. The Morgan fingerprint density at radius 3 is 2.65 bits per heavy atom. The van der Waals surface area contributed by atoms with Crippen molar-refractivity contribution in [3.8, 4) is 26.2 Å². The fraction of sp³-hybridized carbons (Fsp3) is 0.280. The molecular weight excluding hydrogens is 468 g/mol. The summed E-state index contributed by atoms with van der Waals surface area (Å²) < 4.78 is 6.92. The molecule has 34 heavy (non-hydrogen) atoms. The maximum absolute atomic E-state index is 12.3. The molecule has 0 atom stereocenters. The Balaban J connectivity index is 1.33.